The number of ketones is 1. The van der Waals surface area contributed by atoms with E-state index in [0.29, 0.717) is 6.07 Å². The van der Waals surface area contributed by atoms with Crippen LogP contribution >= 0.6 is 11.3 Å². The topological polar surface area (TPSA) is 53.8 Å². The van der Waals surface area contributed by atoms with Crippen LogP contribution in [-0.2, 0) is 0 Å². The lowest BCUT2D eigenvalue weighted by atomic mass is 9.95. The van der Waals surface area contributed by atoms with Gasteiger partial charge in [0.25, 0.3) is 0 Å². The number of hydrogen-bond acceptors (Lipinski definition) is 4. The Hall–Kier alpha value is -2.13. The zero-order chi connectivity index (χ0) is 13.1. The molecule has 2 aromatic rings. The van der Waals surface area contributed by atoms with Gasteiger partial charge in [0, 0.05) is 12.3 Å². The fourth-order valence-electron chi connectivity index (χ4n) is 1.51. The van der Waals surface area contributed by atoms with Crippen LogP contribution in [0.4, 0.5) is 8.78 Å². The first-order chi connectivity index (χ1) is 8.61. The molecule has 0 radical (unpaired) electrons. The van der Waals surface area contributed by atoms with Gasteiger partial charge < -0.3 is 0 Å². The molecule has 0 aliphatic heterocycles. The number of halogens is 2. The summed E-state index contributed by atoms with van der Waals surface area (Å²) >= 11 is 1.08. The highest BCUT2D eigenvalue weighted by Crippen LogP contribution is 2.23. The van der Waals surface area contributed by atoms with Gasteiger partial charge in [-0.3, -0.25) is 9.78 Å². The molecule has 0 fully saturated rings. The second-order valence-corrected chi connectivity index (χ2v) is 4.38. The van der Waals surface area contributed by atoms with Gasteiger partial charge in [-0.2, -0.15) is 5.26 Å². The first-order valence-corrected chi connectivity index (χ1v) is 5.78. The van der Waals surface area contributed by atoms with Crippen LogP contribution in [0.1, 0.15) is 21.2 Å². The quantitative estimate of drug-likeness (QED) is 0.801. The van der Waals surface area contributed by atoms with Crippen LogP contribution in [0.15, 0.2) is 29.9 Å². The third-order valence-corrected chi connectivity index (χ3v) is 3.07. The molecule has 0 spiro atoms. The van der Waals surface area contributed by atoms with Crippen LogP contribution in [0.3, 0.4) is 0 Å². The van der Waals surface area contributed by atoms with Crippen molar-refractivity contribution in [3.05, 3.63) is 52.0 Å². The monoisotopic (exact) mass is 264 g/mol. The Kier molecular flexibility index (Phi) is 3.44. The van der Waals surface area contributed by atoms with Gasteiger partial charge in [-0.05, 0) is 17.7 Å². The van der Waals surface area contributed by atoms with Crippen molar-refractivity contribution in [1.82, 2.24) is 4.98 Å². The molecule has 0 bridgehead atoms. The van der Waals surface area contributed by atoms with E-state index < -0.39 is 23.3 Å². The number of nitriles is 1. The van der Waals surface area contributed by atoms with Gasteiger partial charge >= 0.3 is 0 Å². The number of hydrogen-bond donors (Lipinski definition) is 0. The molecule has 0 amide bonds. The Labute approximate surface area is 105 Å². The molecule has 0 saturated carbocycles. The minimum atomic E-state index is -1.23. The predicted octanol–water partition coefficient (Wildman–Crippen LogP) is 2.91. The van der Waals surface area contributed by atoms with E-state index in [4.69, 9.17) is 5.26 Å². The molecule has 3 nitrogen and oxygen atoms in total. The van der Waals surface area contributed by atoms with Crippen molar-refractivity contribution in [2.24, 2.45) is 0 Å². The summed E-state index contributed by atoms with van der Waals surface area (Å²) in [5, 5.41) is 9.00. The molecule has 1 heterocycles. The summed E-state index contributed by atoms with van der Waals surface area (Å²) in [6, 6.07) is 4.41. The first kappa shape index (κ1) is 12.3. The summed E-state index contributed by atoms with van der Waals surface area (Å²) in [6.07, 6.45) is 1.33. The summed E-state index contributed by atoms with van der Waals surface area (Å²) in [5.41, 5.74) is 1.46. The highest BCUT2D eigenvalue weighted by molar-refractivity contribution is 7.11. The average molecular weight is 264 g/mol. The van der Waals surface area contributed by atoms with Crippen molar-refractivity contribution in [2.45, 2.75) is 5.92 Å². The number of thiazole rings is 1. The van der Waals surface area contributed by atoms with Gasteiger partial charge in [-0.25, -0.2) is 8.78 Å². The molecule has 6 heteroatoms. The molecule has 1 aromatic heterocycles. The molecule has 18 heavy (non-hydrogen) atoms. The molecular formula is C12H6F2N2OS. The number of aromatic nitrogens is 1. The van der Waals surface area contributed by atoms with Crippen molar-refractivity contribution >= 4 is 17.1 Å². The van der Waals surface area contributed by atoms with E-state index in [2.05, 4.69) is 4.98 Å². The molecule has 1 aromatic carbocycles. The Bertz CT molecular complexity index is 599. The Morgan fingerprint density at radius 1 is 1.33 bits per heavy atom. The number of carbonyl (C=O) groups excluding carboxylic acids is 1. The summed E-state index contributed by atoms with van der Waals surface area (Å²) in [4.78, 5) is 16.0. The minimum Gasteiger partial charge on any atom is -0.291 e. The predicted molar refractivity (Wildman–Crippen MR) is 61.2 cm³/mol. The van der Waals surface area contributed by atoms with Crippen LogP contribution in [-0.4, -0.2) is 10.8 Å². The van der Waals surface area contributed by atoms with Gasteiger partial charge in [0.15, 0.2) is 5.78 Å². The molecule has 1 atom stereocenters. The normalized spacial score (nSPS) is 11.8. The number of Topliss-reactive ketones (excluding diaryl/α,β-unsaturated/α-hetero) is 1. The standard InChI is InChI=1S/C12H6F2N2OS/c13-8-1-7(2-9(14)3-8)10(4-15)12(17)11-5-16-6-18-11/h1-3,5-6,10H. The second kappa shape index (κ2) is 5.02. The second-order valence-electron chi connectivity index (χ2n) is 3.49. The third kappa shape index (κ3) is 2.41. The van der Waals surface area contributed by atoms with Crippen molar-refractivity contribution in [3.8, 4) is 6.07 Å². The zero-order valence-corrected chi connectivity index (χ0v) is 9.75. The lowest BCUT2D eigenvalue weighted by Gasteiger charge is -2.07. The maximum atomic E-state index is 13.1. The van der Waals surface area contributed by atoms with Gasteiger partial charge in [-0.15, -0.1) is 11.3 Å². The van der Waals surface area contributed by atoms with Crippen LogP contribution in [0.25, 0.3) is 0 Å². The minimum absolute atomic E-state index is 0.00778. The van der Waals surface area contributed by atoms with Gasteiger partial charge in [0.1, 0.15) is 17.6 Å². The summed E-state index contributed by atoms with van der Waals surface area (Å²) in [7, 11) is 0. The first-order valence-electron chi connectivity index (χ1n) is 4.90. The largest absolute Gasteiger partial charge is 0.291 e. The van der Waals surface area contributed by atoms with Crippen LogP contribution in [0, 0.1) is 23.0 Å². The molecule has 0 aliphatic rings. The fourth-order valence-corrected chi connectivity index (χ4v) is 2.10. The van der Waals surface area contributed by atoms with E-state index in [1.165, 1.54) is 11.7 Å². The number of rotatable bonds is 3. The number of carbonyl (C=O) groups is 1. The average Bonchev–Trinajstić information content (AvgIpc) is 2.81. The number of benzene rings is 1. The smallest absolute Gasteiger partial charge is 0.195 e. The summed E-state index contributed by atoms with van der Waals surface area (Å²) in [5.74, 6) is -3.37. The van der Waals surface area contributed by atoms with Crippen molar-refractivity contribution in [2.75, 3.05) is 0 Å². The fraction of sp³-hybridized carbons (Fsp3) is 0.0833. The number of nitrogens with zero attached hydrogens (tertiary/aromatic N) is 2. The summed E-state index contributed by atoms with van der Waals surface area (Å²) < 4.78 is 26.1. The van der Waals surface area contributed by atoms with Crippen molar-refractivity contribution in [3.63, 3.8) is 0 Å². The maximum Gasteiger partial charge on any atom is 0.195 e. The van der Waals surface area contributed by atoms with Crippen molar-refractivity contribution in [1.29, 1.82) is 5.26 Å². The van der Waals surface area contributed by atoms with E-state index >= 15 is 0 Å². The highest BCUT2D eigenvalue weighted by atomic mass is 32.1. The highest BCUT2D eigenvalue weighted by Gasteiger charge is 2.24. The molecule has 0 N–H and O–H groups in total. The molecule has 0 saturated heterocycles. The Morgan fingerprint density at radius 2 is 2.00 bits per heavy atom. The van der Waals surface area contributed by atoms with Gasteiger partial charge in [0.05, 0.1) is 16.5 Å². The molecule has 0 aliphatic carbocycles. The van der Waals surface area contributed by atoms with Gasteiger partial charge in [0.2, 0.25) is 0 Å². The molecule has 1 unspecified atom stereocenters. The van der Waals surface area contributed by atoms with E-state index in [-0.39, 0.29) is 10.4 Å². The van der Waals surface area contributed by atoms with Gasteiger partial charge in [-0.1, -0.05) is 0 Å². The summed E-state index contributed by atoms with van der Waals surface area (Å²) in [6.45, 7) is 0. The molecule has 90 valence electrons. The Balaban J connectivity index is 2.40. The SMILES string of the molecule is N#CC(C(=O)c1cncs1)c1cc(F)cc(F)c1. The molecular weight excluding hydrogens is 258 g/mol. The Morgan fingerprint density at radius 3 is 2.50 bits per heavy atom. The van der Waals surface area contributed by atoms with Crippen molar-refractivity contribution < 1.29 is 13.6 Å². The van der Waals surface area contributed by atoms with Crippen LogP contribution < -0.4 is 0 Å². The van der Waals surface area contributed by atoms with E-state index in [1.807, 2.05) is 0 Å². The van der Waals surface area contributed by atoms with Crippen LogP contribution in [0.5, 0.6) is 0 Å². The lowest BCUT2D eigenvalue weighted by Crippen LogP contribution is -2.10. The van der Waals surface area contributed by atoms with E-state index in [9.17, 15) is 13.6 Å². The maximum absolute atomic E-state index is 13.1. The third-order valence-electron chi connectivity index (χ3n) is 2.28. The van der Waals surface area contributed by atoms with E-state index in [1.54, 1.807) is 6.07 Å². The van der Waals surface area contributed by atoms with Crippen LogP contribution in [0.2, 0.25) is 0 Å². The zero-order valence-electron chi connectivity index (χ0n) is 8.93. The lowest BCUT2D eigenvalue weighted by molar-refractivity contribution is 0.0982. The molecule has 2 rings (SSSR count). The van der Waals surface area contributed by atoms with E-state index in [0.717, 1.165) is 23.5 Å².